The summed E-state index contributed by atoms with van der Waals surface area (Å²) in [5, 5.41) is 11.9. The molecule has 1 atom stereocenters. The predicted molar refractivity (Wildman–Crippen MR) is 71.1 cm³/mol. The van der Waals surface area contributed by atoms with Crippen molar-refractivity contribution in [1.82, 2.24) is 20.8 Å². The van der Waals surface area contributed by atoms with Crippen molar-refractivity contribution in [2.75, 3.05) is 0 Å². The lowest BCUT2D eigenvalue weighted by molar-refractivity contribution is -0.123. The Morgan fingerprint density at radius 1 is 1.47 bits per heavy atom. The van der Waals surface area contributed by atoms with Crippen molar-refractivity contribution in [3.63, 3.8) is 0 Å². The van der Waals surface area contributed by atoms with Crippen LogP contribution in [0.2, 0.25) is 0 Å². The number of rotatable bonds is 6. The summed E-state index contributed by atoms with van der Waals surface area (Å²) in [5.41, 5.74) is 6.90. The van der Waals surface area contributed by atoms with Crippen LogP contribution in [-0.2, 0) is 11.3 Å². The average molecular weight is 267 g/mol. The lowest BCUT2D eigenvalue weighted by Gasteiger charge is -2.18. The molecule has 0 saturated carbocycles. The van der Waals surface area contributed by atoms with Crippen LogP contribution in [-0.4, -0.2) is 28.2 Å². The van der Waals surface area contributed by atoms with Gasteiger partial charge in [-0.25, -0.2) is 4.79 Å². The third-order valence-electron chi connectivity index (χ3n) is 2.73. The fourth-order valence-electron chi connectivity index (χ4n) is 1.73. The number of H-pyrrole nitrogens is 1. The zero-order valence-corrected chi connectivity index (χ0v) is 11.5. The van der Waals surface area contributed by atoms with Gasteiger partial charge in [-0.2, -0.15) is 5.10 Å². The molecule has 0 fully saturated rings. The Morgan fingerprint density at radius 3 is 2.63 bits per heavy atom. The smallest absolute Gasteiger partial charge is 0.312 e. The maximum atomic E-state index is 12.0. The number of hydrogen-bond donors (Lipinski definition) is 4. The first-order chi connectivity index (χ1) is 8.90. The molecule has 3 amide bonds. The molecule has 1 aromatic heterocycles. The van der Waals surface area contributed by atoms with Crippen molar-refractivity contribution in [1.29, 1.82) is 0 Å². The van der Waals surface area contributed by atoms with Gasteiger partial charge in [-0.3, -0.25) is 9.89 Å². The van der Waals surface area contributed by atoms with E-state index in [0.717, 1.165) is 11.3 Å². The molecule has 0 aliphatic carbocycles. The summed E-state index contributed by atoms with van der Waals surface area (Å²) < 4.78 is 0. The van der Waals surface area contributed by atoms with Gasteiger partial charge in [0.2, 0.25) is 5.91 Å². The SMILES string of the molecule is Cc1[nH]ncc1CNC(=O)C(CC(C)C)NC(N)=O. The summed E-state index contributed by atoms with van der Waals surface area (Å²) in [6.07, 6.45) is 2.20. The standard InChI is InChI=1S/C12H21N5O2/c1-7(2)4-10(16-12(13)19)11(18)14-5-9-6-15-17-8(9)3/h6-7,10H,4-5H2,1-3H3,(H,14,18)(H,15,17)(H3,13,16,19). The Balaban J connectivity index is 2.56. The zero-order chi connectivity index (χ0) is 14.4. The molecule has 0 aliphatic rings. The van der Waals surface area contributed by atoms with Crippen molar-refractivity contribution in [3.8, 4) is 0 Å². The van der Waals surface area contributed by atoms with E-state index in [4.69, 9.17) is 5.73 Å². The minimum atomic E-state index is -0.694. The third kappa shape index (κ3) is 4.99. The zero-order valence-electron chi connectivity index (χ0n) is 11.5. The number of nitrogens with one attached hydrogen (secondary N) is 3. The van der Waals surface area contributed by atoms with Gasteiger partial charge >= 0.3 is 6.03 Å². The fourth-order valence-corrected chi connectivity index (χ4v) is 1.73. The molecule has 1 rings (SSSR count). The Labute approximate surface area is 112 Å². The largest absolute Gasteiger partial charge is 0.352 e. The van der Waals surface area contributed by atoms with Crippen molar-refractivity contribution < 1.29 is 9.59 Å². The Bertz CT molecular complexity index is 441. The Morgan fingerprint density at radius 2 is 2.16 bits per heavy atom. The number of aromatic amines is 1. The number of nitrogens with zero attached hydrogens (tertiary/aromatic N) is 1. The number of primary amides is 1. The van der Waals surface area contributed by atoms with E-state index in [1.165, 1.54) is 0 Å². The second-order valence-electron chi connectivity index (χ2n) is 4.93. The van der Waals surface area contributed by atoms with Crippen molar-refractivity contribution in [3.05, 3.63) is 17.5 Å². The van der Waals surface area contributed by atoms with E-state index in [9.17, 15) is 9.59 Å². The average Bonchev–Trinajstić information content (AvgIpc) is 2.69. The van der Waals surface area contributed by atoms with Gasteiger partial charge in [0.15, 0.2) is 0 Å². The molecule has 7 nitrogen and oxygen atoms in total. The maximum Gasteiger partial charge on any atom is 0.312 e. The van der Waals surface area contributed by atoms with Gasteiger partial charge < -0.3 is 16.4 Å². The minimum Gasteiger partial charge on any atom is -0.352 e. The molecule has 19 heavy (non-hydrogen) atoms. The fraction of sp³-hybridized carbons (Fsp3) is 0.583. The van der Waals surface area contributed by atoms with Crippen LogP contribution in [0, 0.1) is 12.8 Å². The summed E-state index contributed by atoms with van der Waals surface area (Å²) in [6, 6.07) is -1.30. The molecule has 7 heteroatoms. The first-order valence-corrected chi connectivity index (χ1v) is 6.22. The van der Waals surface area contributed by atoms with Gasteiger partial charge in [0, 0.05) is 17.8 Å². The Kier molecular flexibility index (Phi) is 5.35. The van der Waals surface area contributed by atoms with E-state index in [2.05, 4.69) is 20.8 Å². The van der Waals surface area contributed by atoms with Gasteiger partial charge in [0.25, 0.3) is 0 Å². The molecule has 5 N–H and O–H groups in total. The third-order valence-corrected chi connectivity index (χ3v) is 2.73. The summed E-state index contributed by atoms with van der Waals surface area (Å²) in [4.78, 5) is 22.9. The first-order valence-electron chi connectivity index (χ1n) is 6.22. The molecule has 0 aromatic carbocycles. The maximum absolute atomic E-state index is 12.0. The number of amides is 3. The second-order valence-corrected chi connectivity index (χ2v) is 4.93. The van der Waals surface area contributed by atoms with Crippen LogP contribution in [0.3, 0.4) is 0 Å². The minimum absolute atomic E-state index is 0.242. The number of urea groups is 1. The number of aryl methyl sites for hydroxylation is 1. The summed E-state index contributed by atoms with van der Waals surface area (Å²) in [6.45, 7) is 6.20. The molecule has 0 aliphatic heterocycles. The van der Waals surface area contributed by atoms with E-state index in [1.54, 1.807) is 6.20 Å². The molecule has 1 unspecified atom stereocenters. The van der Waals surface area contributed by atoms with Crippen LogP contribution in [0.4, 0.5) is 4.79 Å². The molecule has 0 bridgehead atoms. The molecule has 1 aromatic rings. The first kappa shape index (κ1) is 15.0. The van der Waals surface area contributed by atoms with E-state index in [-0.39, 0.29) is 11.8 Å². The highest BCUT2D eigenvalue weighted by molar-refractivity contribution is 5.86. The molecular weight excluding hydrogens is 246 g/mol. The van der Waals surface area contributed by atoms with Crippen LogP contribution in [0.5, 0.6) is 0 Å². The molecular formula is C12H21N5O2. The van der Waals surface area contributed by atoms with Gasteiger partial charge in [-0.1, -0.05) is 13.8 Å². The lowest BCUT2D eigenvalue weighted by atomic mass is 10.0. The van der Waals surface area contributed by atoms with Crippen molar-refractivity contribution in [2.24, 2.45) is 11.7 Å². The number of aromatic nitrogens is 2. The second kappa shape index (κ2) is 6.77. The Hall–Kier alpha value is -2.05. The highest BCUT2D eigenvalue weighted by atomic mass is 16.2. The lowest BCUT2D eigenvalue weighted by Crippen LogP contribution is -2.49. The van der Waals surface area contributed by atoms with E-state index < -0.39 is 12.1 Å². The van der Waals surface area contributed by atoms with Crippen LogP contribution in [0.25, 0.3) is 0 Å². The predicted octanol–water partition coefficient (Wildman–Crippen LogP) is 0.417. The van der Waals surface area contributed by atoms with Gasteiger partial charge in [0.1, 0.15) is 6.04 Å². The molecule has 1 heterocycles. The van der Waals surface area contributed by atoms with Gasteiger partial charge in [-0.05, 0) is 19.3 Å². The highest BCUT2D eigenvalue weighted by Gasteiger charge is 2.20. The van der Waals surface area contributed by atoms with Crippen LogP contribution in [0.15, 0.2) is 6.20 Å². The van der Waals surface area contributed by atoms with E-state index in [0.29, 0.717) is 13.0 Å². The van der Waals surface area contributed by atoms with E-state index >= 15 is 0 Å². The van der Waals surface area contributed by atoms with Crippen LogP contribution >= 0.6 is 0 Å². The van der Waals surface area contributed by atoms with E-state index in [1.807, 2.05) is 20.8 Å². The summed E-state index contributed by atoms with van der Waals surface area (Å²) >= 11 is 0. The van der Waals surface area contributed by atoms with Gasteiger partial charge in [-0.15, -0.1) is 0 Å². The van der Waals surface area contributed by atoms with Crippen molar-refractivity contribution >= 4 is 11.9 Å². The van der Waals surface area contributed by atoms with Crippen LogP contribution < -0.4 is 16.4 Å². The highest BCUT2D eigenvalue weighted by Crippen LogP contribution is 2.06. The van der Waals surface area contributed by atoms with Crippen LogP contribution in [0.1, 0.15) is 31.5 Å². The molecule has 0 saturated heterocycles. The monoisotopic (exact) mass is 267 g/mol. The number of carbonyl (C=O) groups excluding carboxylic acids is 2. The molecule has 106 valence electrons. The molecule has 0 radical (unpaired) electrons. The van der Waals surface area contributed by atoms with Gasteiger partial charge in [0.05, 0.1) is 6.20 Å². The topological polar surface area (TPSA) is 113 Å². The summed E-state index contributed by atoms with van der Waals surface area (Å²) in [7, 11) is 0. The molecule has 0 spiro atoms. The number of carbonyl (C=O) groups is 2. The van der Waals surface area contributed by atoms with Crippen molar-refractivity contribution in [2.45, 2.75) is 39.8 Å². The number of nitrogens with two attached hydrogens (primary N) is 1. The number of hydrogen-bond acceptors (Lipinski definition) is 3. The normalized spacial score (nSPS) is 12.2. The quantitative estimate of drug-likeness (QED) is 0.599. The summed E-state index contributed by atoms with van der Waals surface area (Å²) in [5.74, 6) is 0.0337.